The number of hydrogen-bond donors (Lipinski definition) is 2. The van der Waals surface area contributed by atoms with Crippen molar-refractivity contribution >= 4 is 49.9 Å². The van der Waals surface area contributed by atoms with Crippen molar-refractivity contribution in [3.8, 4) is 0 Å². The second-order valence-corrected chi connectivity index (χ2v) is 5.92. The normalized spacial score (nSPS) is 10.5. The van der Waals surface area contributed by atoms with Crippen LogP contribution in [0.1, 0.15) is 10.4 Å². The lowest BCUT2D eigenvalue weighted by molar-refractivity contribution is -0.384. The molecule has 2 N–H and O–H groups in total. The molecule has 0 saturated heterocycles. The molecule has 0 spiro atoms. The Kier molecular flexibility index (Phi) is 4.09. The Hall–Kier alpha value is -2.71. The fraction of sp³-hybridized carbons (Fsp3) is 0. The van der Waals surface area contributed by atoms with E-state index >= 15 is 0 Å². The van der Waals surface area contributed by atoms with Gasteiger partial charge in [-0.25, -0.2) is 4.98 Å². The molecule has 3 aromatic rings. The van der Waals surface area contributed by atoms with Crippen molar-refractivity contribution in [1.29, 1.82) is 0 Å². The van der Waals surface area contributed by atoms with Gasteiger partial charge in [0.2, 0.25) is 5.13 Å². The average Bonchev–Trinajstić information content (AvgIpc) is 2.95. The molecule has 9 heteroatoms. The van der Waals surface area contributed by atoms with Gasteiger partial charge in [-0.2, -0.15) is 0 Å². The molecule has 0 aliphatic carbocycles. The Morgan fingerprint density at radius 3 is 2.78 bits per heavy atom. The standard InChI is InChI=1S/C14H9ClN4O3S/c15-10-4-2-1-3-9(10)13(20)17-18-14-16-11-6-5-8(19(21)22)7-12(11)23-14/h1-7H,(H,16,18)(H,17,20). The molecule has 1 aromatic heterocycles. The Morgan fingerprint density at radius 2 is 2.04 bits per heavy atom. The number of carbonyl (C=O) groups is 1. The Labute approximate surface area is 139 Å². The van der Waals surface area contributed by atoms with E-state index < -0.39 is 10.8 Å². The number of rotatable bonds is 4. The van der Waals surface area contributed by atoms with Gasteiger partial charge < -0.3 is 0 Å². The molecule has 7 nitrogen and oxygen atoms in total. The first-order valence-corrected chi connectivity index (χ1v) is 7.60. The summed E-state index contributed by atoms with van der Waals surface area (Å²) in [7, 11) is 0. The van der Waals surface area contributed by atoms with Gasteiger partial charge in [-0.3, -0.25) is 25.8 Å². The SMILES string of the molecule is O=C(NNc1nc2ccc([N+](=O)[O-])cc2s1)c1ccccc1Cl. The van der Waals surface area contributed by atoms with Crippen LogP contribution in [-0.4, -0.2) is 15.8 Å². The molecular weight excluding hydrogens is 340 g/mol. The zero-order valence-corrected chi connectivity index (χ0v) is 13.0. The van der Waals surface area contributed by atoms with Crippen molar-refractivity contribution in [1.82, 2.24) is 10.4 Å². The highest BCUT2D eigenvalue weighted by molar-refractivity contribution is 7.22. The molecule has 0 aliphatic heterocycles. The summed E-state index contributed by atoms with van der Waals surface area (Å²) in [6.07, 6.45) is 0. The van der Waals surface area contributed by atoms with Gasteiger partial charge >= 0.3 is 0 Å². The number of hydrazine groups is 1. The van der Waals surface area contributed by atoms with Gasteiger partial charge in [-0.1, -0.05) is 35.1 Å². The number of nitro benzene ring substituents is 1. The number of nitro groups is 1. The number of fused-ring (bicyclic) bond motifs is 1. The lowest BCUT2D eigenvalue weighted by Crippen LogP contribution is -2.29. The Balaban J connectivity index is 1.76. The number of nitrogens with one attached hydrogen (secondary N) is 2. The molecule has 0 fully saturated rings. The third kappa shape index (κ3) is 3.22. The summed E-state index contributed by atoms with van der Waals surface area (Å²) in [6.45, 7) is 0. The second kappa shape index (κ2) is 6.19. The number of aromatic nitrogens is 1. The number of anilines is 1. The highest BCUT2D eigenvalue weighted by Crippen LogP contribution is 2.28. The molecule has 0 atom stereocenters. The van der Waals surface area contributed by atoms with Crippen molar-refractivity contribution in [2.45, 2.75) is 0 Å². The summed E-state index contributed by atoms with van der Waals surface area (Å²) in [5, 5.41) is 11.5. The van der Waals surface area contributed by atoms with Crippen LogP contribution in [0.15, 0.2) is 42.5 Å². The van der Waals surface area contributed by atoms with Crippen LogP contribution in [0.25, 0.3) is 10.2 Å². The molecule has 3 rings (SSSR count). The predicted octanol–water partition coefficient (Wildman–Crippen LogP) is 3.61. The topological polar surface area (TPSA) is 97.2 Å². The van der Waals surface area contributed by atoms with E-state index in [1.807, 2.05) is 0 Å². The van der Waals surface area contributed by atoms with E-state index in [4.69, 9.17) is 11.6 Å². The molecule has 0 saturated carbocycles. The third-order valence-corrected chi connectivity index (χ3v) is 4.25. The fourth-order valence-electron chi connectivity index (χ4n) is 1.90. The summed E-state index contributed by atoms with van der Waals surface area (Å²) < 4.78 is 0.647. The van der Waals surface area contributed by atoms with Crippen molar-refractivity contribution in [2.75, 3.05) is 5.43 Å². The van der Waals surface area contributed by atoms with Crippen LogP contribution in [0.3, 0.4) is 0 Å². The summed E-state index contributed by atoms with van der Waals surface area (Å²) >= 11 is 7.14. The van der Waals surface area contributed by atoms with E-state index in [-0.39, 0.29) is 5.69 Å². The number of carbonyl (C=O) groups excluding carboxylic acids is 1. The number of hydrogen-bond acceptors (Lipinski definition) is 6. The zero-order chi connectivity index (χ0) is 16.4. The number of non-ortho nitro benzene ring substituents is 1. The largest absolute Gasteiger partial charge is 0.273 e. The first-order chi connectivity index (χ1) is 11.0. The summed E-state index contributed by atoms with van der Waals surface area (Å²) in [4.78, 5) is 26.6. The number of benzene rings is 2. The molecule has 1 heterocycles. The maximum Gasteiger partial charge on any atom is 0.271 e. The van der Waals surface area contributed by atoms with E-state index in [1.54, 1.807) is 30.3 Å². The maximum absolute atomic E-state index is 12.0. The summed E-state index contributed by atoms with van der Waals surface area (Å²) in [5.74, 6) is -0.402. The summed E-state index contributed by atoms with van der Waals surface area (Å²) in [6, 6.07) is 11.0. The minimum absolute atomic E-state index is 0.00666. The summed E-state index contributed by atoms with van der Waals surface area (Å²) in [5.41, 5.74) is 6.11. The first-order valence-electron chi connectivity index (χ1n) is 6.40. The van der Waals surface area contributed by atoms with Crippen LogP contribution in [0.5, 0.6) is 0 Å². The van der Waals surface area contributed by atoms with Crippen molar-refractivity contribution in [3.63, 3.8) is 0 Å². The highest BCUT2D eigenvalue weighted by atomic mass is 35.5. The van der Waals surface area contributed by atoms with Gasteiger partial charge in [0.1, 0.15) is 0 Å². The van der Waals surface area contributed by atoms with E-state index in [1.165, 1.54) is 23.5 Å². The minimum Gasteiger partial charge on any atom is -0.273 e. The molecule has 0 radical (unpaired) electrons. The Morgan fingerprint density at radius 1 is 1.26 bits per heavy atom. The maximum atomic E-state index is 12.0. The van der Waals surface area contributed by atoms with E-state index in [0.29, 0.717) is 25.9 Å². The molecule has 0 unspecified atom stereocenters. The van der Waals surface area contributed by atoms with Gasteiger partial charge in [0.15, 0.2) is 0 Å². The molecule has 0 aliphatic rings. The van der Waals surface area contributed by atoms with E-state index in [2.05, 4.69) is 15.8 Å². The molecule has 116 valence electrons. The zero-order valence-electron chi connectivity index (χ0n) is 11.4. The van der Waals surface area contributed by atoms with Crippen LogP contribution >= 0.6 is 22.9 Å². The molecular formula is C14H9ClN4O3S. The predicted molar refractivity (Wildman–Crippen MR) is 88.8 cm³/mol. The lowest BCUT2D eigenvalue weighted by Gasteiger charge is -2.06. The van der Waals surface area contributed by atoms with Gasteiger partial charge in [-0.05, 0) is 18.2 Å². The van der Waals surface area contributed by atoms with Crippen molar-refractivity contribution in [3.05, 3.63) is 63.2 Å². The molecule has 23 heavy (non-hydrogen) atoms. The molecule has 2 aromatic carbocycles. The van der Waals surface area contributed by atoms with Crippen LogP contribution in [-0.2, 0) is 0 Å². The number of halogens is 1. The van der Waals surface area contributed by atoms with Crippen LogP contribution in [0.4, 0.5) is 10.8 Å². The average molecular weight is 349 g/mol. The smallest absolute Gasteiger partial charge is 0.271 e. The van der Waals surface area contributed by atoms with Gasteiger partial charge in [-0.15, -0.1) is 0 Å². The molecule has 0 bridgehead atoms. The van der Waals surface area contributed by atoms with Crippen molar-refractivity contribution < 1.29 is 9.72 Å². The van der Waals surface area contributed by atoms with Crippen LogP contribution in [0.2, 0.25) is 5.02 Å². The second-order valence-electron chi connectivity index (χ2n) is 4.49. The Bertz CT molecular complexity index is 912. The van der Waals surface area contributed by atoms with Gasteiger partial charge in [0.05, 0.1) is 25.7 Å². The monoisotopic (exact) mass is 348 g/mol. The van der Waals surface area contributed by atoms with Crippen LogP contribution < -0.4 is 10.9 Å². The minimum atomic E-state index is -0.467. The quantitative estimate of drug-likeness (QED) is 0.554. The number of thiazole rings is 1. The number of amides is 1. The van der Waals surface area contributed by atoms with Crippen LogP contribution in [0, 0.1) is 10.1 Å². The number of nitrogens with zero attached hydrogens (tertiary/aromatic N) is 2. The van der Waals surface area contributed by atoms with Gasteiger partial charge in [0.25, 0.3) is 11.6 Å². The highest BCUT2D eigenvalue weighted by Gasteiger charge is 2.12. The lowest BCUT2D eigenvalue weighted by atomic mass is 10.2. The molecule has 1 amide bonds. The first kappa shape index (κ1) is 15.2. The van der Waals surface area contributed by atoms with E-state index in [0.717, 1.165) is 0 Å². The third-order valence-electron chi connectivity index (χ3n) is 2.98. The van der Waals surface area contributed by atoms with Gasteiger partial charge in [0, 0.05) is 12.1 Å². The fourth-order valence-corrected chi connectivity index (χ4v) is 2.98. The van der Waals surface area contributed by atoms with E-state index in [9.17, 15) is 14.9 Å². The van der Waals surface area contributed by atoms with Crippen molar-refractivity contribution in [2.24, 2.45) is 0 Å².